The van der Waals surface area contributed by atoms with Crippen LogP contribution in [0.4, 0.5) is 0 Å². The molecule has 0 spiro atoms. The number of hydrogen-bond donors (Lipinski definition) is 1. The van der Waals surface area contributed by atoms with Crippen LogP contribution in [-0.2, 0) is 9.53 Å². The monoisotopic (exact) mass is 200 g/mol. The predicted molar refractivity (Wildman–Crippen MR) is 54.9 cm³/mol. The van der Waals surface area contributed by atoms with E-state index in [1.807, 2.05) is 6.92 Å². The van der Waals surface area contributed by atoms with Crippen LogP contribution < -0.4 is 5.73 Å². The van der Waals surface area contributed by atoms with E-state index in [0.717, 1.165) is 26.1 Å². The zero-order valence-corrected chi connectivity index (χ0v) is 8.87. The van der Waals surface area contributed by atoms with Gasteiger partial charge in [-0.25, -0.2) is 0 Å². The van der Waals surface area contributed by atoms with E-state index in [2.05, 4.69) is 4.90 Å². The summed E-state index contributed by atoms with van der Waals surface area (Å²) in [6.07, 6.45) is 2.33. The number of ether oxygens (including phenoxy) is 1. The van der Waals surface area contributed by atoms with Crippen LogP contribution in [0.1, 0.15) is 19.8 Å². The summed E-state index contributed by atoms with van der Waals surface area (Å²) in [5.74, 6) is 0.434. The van der Waals surface area contributed by atoms with Gasteiger partial charge in [0, 0.05) is 6.54 Å². The van der Waals surface area contributed by atoms with Crippen LogP contribution in [0.15, 0.2) is 0 Å². The van der Waals surface area contributed by atoms with Crippen molar-refractivity contribution < 1.29 is 9.53 Å². The lowest BCUT2D eigenvalue weighted by molar-refractivity contribution is -0.144. The molecule has 1 rings (SSSR count). The van der Waals surface area contributed by atoms with Crippen molar-refractivity contribution in [1.29, 1.82) is 0 Å². The molecule has 4 nitrogen and oxygen atoms in total. The Balaban J connectivity index is 2.26. The smallest absolute Gasteiger partial charge is 0.320 e. The van der Waals surface area contributed by atoms with Crippen LogP contribution in [0.3, 0.4) is 0 Å². The molecule has 0 amide bonds. The Bertz CT molecular complexity index is 185. The molecule has 2 N–H and O–H groups in total. The molecule has 1 unspecified atom stereocenters. The second kappa shape index (κ2) is 5.98. The lowest BCUT2D eigenvalue weighted by atomic mass is 9.98. The molecular weight excluding hydrogens is 180 g/mol. The molecule has 0 aromatic rings. The van der Waals surface area contributed by atoms with Crippen molar-refractivity contribution in [3.05, 3.63) is 0 Å². The molecule has 82 valence electrons. The highest BCUT2D eigenvalue weighted by Crippen LogP contribution is 2.14. The van der Waals surface area contributed by atoms with Crippen LogP contribution in [-0.4, -0.2) is 43.7 Å². The number of piperidine rings is 1. The summed E-state index contributed by atoms with van der Waals surface area (Å²) in [5.41, 5.74) is 5.61. The van der Waals surface area contributed by atoms with Crippen molar-refractivity contribution in [3.63, 3.8) is 0 Å². The number of rotatable bonds is 4. The van der Waals surface area contributed by atoms with E-state index in [4.69, 9.17) is 10.5 Å². The Morgan fingerprint density at radius 3 is 3.07 bits per heavy atom. The first-order valence-corrected chi connectivity index (χ1v) is 5.34. The van der Waals surface area contributed by atoms with E-state index in [1.54, 1.807) is 0 Å². The zero-order valence-electron chi connectivity index (χ0n) is 8.87. The van der Waals surface area contributed by atoms with Gasteiger partial charge in [-0.15, -0.1) is 0 Å². The third kappa shape index (κ3) is 3.64. The van der Waals surface area contributed by atoms with Crippen LogP contribution in [0.2, 0.25) is 0 Å². The van der Waals surface area contributed by atoms with Crippen molar-refractivity contribution in [2.24, 2.45) is 11.7 Å². The second-order valence-corrected chi connectivity index (χ2v) is 3.78. The number of nitrogens with zero attached hydrogens (tertiary/aromatic N) is 1. The summed E-state index contributed by atoms with van der Waals surface area (Å²) in [5, 5.41) is 0. The molecule has 0 radical (unpaired) electrons. The Hall–Kier alpha value is -0.610. The van der Waals surface area contributed by atoms with Gasteiger partial charge in [-0.2, -0.15) is 0 Å². The predicted octanol–water partition coefficient (Wildman–Crippen LogP) is 0.220. The van der Waals surface area contributed by atoms with Crippen LogP contribution >= 0.6 is 0 Å². The van der Waals surface area contributed by atoms with Gasteiger partial charge >= 0.3 is 5.97 Å². The quantitative estimate of drug-likeness (QED) is 0.660. The van der Waals surface area contributed by atoms with Crippen molar-refractivity contribution in [3.8, 4) is 0 Å². The Labute approximate surface area is 85.4 Å². The SMILES string of the molecule is CCOC(=O)CN1CCCC(CN)C1. The average molecular weight is 200 g/mol. The molecule has 0 aromatic carbocycles. The largest absolute Gasteiger partial charge is 0.465 e. The number of carbonyl (C=O) groups is 1. The third-order valence-corrected chi connectivity index (χ3v) is 2.59. The third-order valence-electron chi connectivity index (χ3n) is 2.59. The van der Waals surface area contributed by atoms with E-state index in [1.165, 1.54) is 6.42 Å². The second-order valence-electron chi connectivity index (χ2n) is 3.78. The molecule has 0 aliphatic carbocycles. The maximum atomic E-state index is 11.2. The average Bonchev–Trinajstić information content (AvgIpc) is 2.18. The first-order chi connectivity index (χ1) is 6.76. The van der Waals surface area contributed by atoms with Crippen molar-refractivity contribution in [2.45, 2.75) is 19.8 Å². The van der Waals surface area contributed by atoms with Gasteiger partial charge < -0.3 is 10.5 Å². The van der Waals surface area contributed by atoms with E-state index < -0.39 is 0 Å². The molecule has 0 aromatic heterocycles. The first kappa shape index (κ1) is 11.5. The van der Waals surface area contributed by atoms with Gasteiger partial charge in [0.25, 0.3) is 0 Å². The van der Waals surface area contributed by atoms with Gasteiger partial charge in [0.2, 0.25) is 0 Å². The molecule has 1 saturated heterocycles. The molecule has 0 bridgehead atoms. The first-order valence-electron chi connectivity index (χ1n) is 5.34. The van der Waals surface area contributed by atoms with Gasteiger partial charge in [-0.3, -0.25) is 9.69 Å². The lowest BCUT2D eigenvalue weighted by Gasteiger charge is -2.31. The summed E-state index contributed by atoms with van der Waals surface area (Å²) in [4.78, 5) is 13.3. The number of hydrogen-bond acceptors (Lipinski definition) is 4. The molecule has 4 heteroatoms. The molecule has 1 aliphatic rings. The number of esters is 1. The van der Waals surface area contributed by atoms with Crippen molar-refractivity contribution >= 4 is 5.97 Å². The van der Waals surface area contributed by atoms with E-state index in [0.29, 0.717) is 19.1 Å². The summed E-state index contributed by atoms with van der Waals surface area (Å²) in [6.45, 7) is 5.37. The van der Waals surface area contributed by atoms with Crippen molar-refractivity contribution in [1.82, 2.24) is 4.90 Å². The normalized spacial score (nSPS) is 23.4. The minimum atomic E-state index is -0.120. The zero-order chi connectivity index (χ0) is 10.4. The van der Waals surface area contributed by atoms with Crippen molar-refractivity contribution in [2.75, 3.05) is 32.8 Å². The fraction of sp³-hybridized carbons (Fsp3) is 0.900. The summed E-state index contributed by atoms with van der Waals surface area (Å²) < 4.78 is 4.90. The summed E-state index contributed by atoms with van der Waals surface area (Å²) in [7, 11) is 0. The molecule has 1 fully saturated rings. The minimum absolute atomic E-state index is 0.120. The van der Waals surface area contributed by atoms with Gasteiger partial charge in [0.15, 0.2) is 0 Å². The number of likely N-dealkylation sites (tertiary alicyclic amines) is 1. The Kier molecular flexibility index (Phi) is 4.90. The van der Waals surface area contributed by atoms with Gasteiger partial charge in [0.1, 0.15) is 0 Å². The topological polar surface area (TPSA) is 55.6 Å². The molecule has 0 saturated carbocycles. The standard InChI is InChI=1S/C10H20N2O2/c1-2-14-10(13)8-12-5-3-4-9(6-11)7-12/h9H,2-8,11H2,1H3. The van der Waals surface area contributed by atoms with E-state index in [9.17, 15) is 4.79 Å². The van der Waals surface area contributed by atoms with Crippen LogP contribution in [0.5, 0.6) is 0 Å². The minimum Gasteiger partial charge on any atom is -0.465 e. The highest BCUT2D eigenvalue weighted by atomic mass is 16.5. The van der Waals surface area contributed by atoms with E-state index >= 15 is 0 Å². The Morgan fingerprint density at radius 1 is 1.64 bits per heavy atom. The molecule has 14 heavy (non-hydrogen) atoms. The Morgan fingerprint density at radius 2 is 2.43 bits per heavy atom. The van der Waals surface area contributed by atoms with Crippen LogP contribution in [0, 0.1) is 5.92 Å². The highest BCUT2D eigenvalue weighted by Gasteiger charge is 2.20. The molecular formula is C10H20N2O2. The fourth-order valence-corrected chi connectivity index (χ4v) is 1.88. The number of nitrogens with two attached hydrogens (primary N) is 1. The molecule has 1 heterocycles. The molecule has 1 atom stereocenters. The van der Waals surface area contributed by atoms with Crippen LogP contribution in [0.25, 0.3) is 0 Å². The van der Waals surface area contributed by atoms with Gasteiger partial charge in [-0.1, -0.05) is 0 Å². The maximum Gasteiger partial charge on any atom is 0.320 e. The fourth-order valence-electron chi connectivity index (χ4n) is 1.88. The number of carbonyl (C=O) groups excluding carboxylic acids is 1. The maximum absolute atomic E-state index is 11.2. The summed E-state index contributed by atoms with van der Waals surface area (Å²) in [6, 6.07) is 0. The highest BCUT2D eigenvalue weighted by molar-refractivity contribution is 5.71. The van der Waals surface area contributed by atoms with E-state index in [-0.39, 0.29) is 5.97 Å². The van der Waals surface area contributed by atoms with Gasteiger partial charge in [0.05, 0.1) is 13.2 Å². The lowest BCUT2D eigenvalue weighted by Crippen LogP contribution is -2.41. The summed E-state index contributed by atoms with van der Waals surface area (Å²) >= 11 is 0. The molecule has 1 aliphatic heterocycles. The van der Waals surface area contributed by atoms with Gasteiger partial charge in [-0.05, 0) is 38.8 Å².